The molecule has 2 N–H and O–H groups in total. The molecule has 0 atom stereocenters. The average molecular weight is 468 g/mol. The lowest BCUT2D eigenvalue weighted by Gasteiger charge is -2.30. The molecule has 0 unspecified atom stereocenters. The molecule has 3 aromatic rings. The molecule has 0 radical (unpaired) electrons. The molecular formula is C22H18F6N4O. The fourth-order valence-electron chi connectivity index (χ4n) is 3.77. The van der Waals surface area contributed by atoms with E-state index >= 15 is 0 Å². The van der Waals surface area contributed by atoms with Crippen molar-refractivity contribution in [2.75, 3.05) is 13.1 Å². The Morgan fingerprint density at radius 2 is 1.42 bits per heavy atom. The number of piperidine rings is 1. The molecule has 174 valence electrons. The van der Waals surface area contributed by atoms with E-state index in [0.717, 1.165) is 18.3 Å². The molecule has 4 rings (SSSR count). The molecule has 0 bridgehead atoms. The summed E-state index contributed by atoms with van der Waals surface area (Å²) in [5.74, 6) is -9.80. The van der Waals surface area contributed by atoms with Gasteiger partial charge in [-0.2, -0.15) is 0 Å². The van der Waals surface area contributed by atoms with E-state index in [1.807, 2.05) is 0 Å². The molecular weight excluding hydrogens is 450 g/mol. The van der Waals surface area contributed by atoms with Gasteiger partial charge in [-0.25, -0.2) is 31.3 Å². The van der Waals surface area contributed by atoms with Crippen LogP contribution in [0.25, 0.3) is 11.4 Å². The Bertz CT molecular complexity index is 1170. The summed E-state index contributed by atoms with van der Waals surface area (Å²) in [6.07, 6.45) is 2.28. The van der Waals surface area contributed by atoms with Crippen LogP contribution in [0.4, 0.5) is 26.3 Å². The number of likely N-dealkylation sites (tertiary alicyclic amines) is 1. The molecule has 1 fully saturated rings. The molecule has 1 aromatic heterocycles. The molecule has 1 saturated heterocycles. The number of nitrogens with zero attached hydrogens (tertiary/aromatic N) is 3. The van der Waals surface area contributed by atoms with Crippen molar-refractivity contribution in [3.05, 3.63) is 76.6 Å². The second kappa shape index (κ2) is 8.89. The Morgan fingerprint density at radius 3 is 1.97 bits per heavy atom. The summed E-state index contributed by atoms with van der Waals surface area (Å²) >= 11 is 0. The molecule has 1 amide bonds. The topological polar surface area (TPSA) is 64.2 Å². The quantitative estimate of drug-likeness (QED) is 0.465. The van der Waals surface area contributed by atoms with Crippen LogP contribution in [-0.4, -0.2) is 39.5 Å². The van der Waals surface area contributed by atoms with Gasteiger partial charge >= 0.3 is 0 Å². The van der Waals surface area contributed by atoms with Crippen LogP contribution in [0.2, 0.25) is 0 Å². The van der Waals surface area contributed by atoms with Gasteiger partial charge in [0.05, 0.1) is 12.7 Å². The highest BCUT2D eigenvalue weighted by Crippen LogP contribution is 2.27. The first-order valence-electron chi connectivity index (χ1n) is 10.0. The van der Waals surface area contributed by atoms with E-state index in [4.69, 9.17) is 5.73 Å². The number of carbonyl (C=O) groups excluding carboxylic acids is 1. The van der Waals surface area contributed by atoms with Crippen LogP contribution in [0.5, 0.6) is 0 Å². The number of amides is 1. The smallest absolute Gasteiger partial charge is 0.272 e. The minimum atomic E-state index is -1.68. The van der Waals surface area contributed by atoms with Gasteiger partial charge in [0.25, 0.3) is 5.91 Å². The summed E-state index contributed by atoms with van der Waals surface area (Å²) in [7, 11) is 0. The Morgan fingerprint density at radius 1 is 0.909 bits per heavy atom. The molecule has 5 nitrogen and oxygen atoms in total. The first-order valence-corrected chi connectivity index (χ1v) is 10.0. The third-order valence-electron chi connectivity index (χ3n) is 5.53. The van der Waals surface area contributed by atoms with Crippen molar-refractivity contribution < 1.29 is 31.1 Å². The molecule has 1 aliphatic heterocycles. The van der Waals surface area contributed by atoms with Crippen molar-refractivity contribution in [3.8, 4) is 11.4 Å². The van der Waals surface area contributed by atoms with Crippen LogP contribution in [-0.2, 0) is 6.54 Å². The van der Waals surface area contributed by atoms with Crippen molar-refractivity contribution in [3.63, 3.8) is 0 Å². The zero-order valence-corrected chi connectivity index (χ0v) is 17.1. The van der Waals surface area contributed by atoms with E-state index in [2.05, 4.69) is 4.98 Å². The van der Waals surface area contributed by atoms with Crippen LogP contribution in [0.1, 0.15) is 28.9 Å². The van der Waals surface area contributed by atoms with Crippen LogP contribution in [0.3, 0.4) is 0 Å². The Labute approximate surface area is 184 Å². The van der Waals surface area contributed by atoms with Gasteiger partial charge < -0.3 is 15.2 Å². The standard InChI is InChI=1S/C22H18F6N4O/c23-14-5-11(6-15(24)19(14)27)10-32-18(22(33)31-3-1-13(29)2-4-31)9-30-21(32)12-7-16(25)20(28)17(26)8-12/h5-9,13H,1-4,10,29H2. The van der Waals surface area contributed by atoms with Crippen LogP contribution in [0, 0.1) is 34.9 Å². The van der Waals surface area contributed by atoms with Crippen LogP contribution < -0.4 is 5.73 Å². The zero-order valence-electron chi connectivity index (χ0n) is 17.1. The maximum absolute atomic E-state index is 13.8. The highest BCUT2D eigenvalue weighted by molar-refractivity contribution is 5.93. The summed E-state index contributed by atoms with van der Waals surface area (Å²) in [5, 5.41) is 0. The van der Waals surface area contributed by atoms with Crippen molar-refractivity contribution in [2.24, 2.45) is 5.73 Å². The van der Waals surface area contributed by atoms with Crippen LogP contribution >= 0.6 is 0 Å². The van der Waals surface area contributed by atoms with Gasteiger partial charge in [0.15, 0.2) is 34.9 Å². The first kappa shape index (κ1) is 22.8. The maximum Gasteiger partial charge on any atom is 0.272 e. The molecule has 2 aromatic carbocycles. The highest BCUT2D eigenvalue weighted by atomic mass is 19.2. The van der Waals surface area contributed by atoms with E-state index in [0.29, 0.717) is 38.1 Å². The fourth-order valence-corrected chi connectivity index (χ4v) is 3.77. The van der Waals surface area contributed by atoms with E-state index in [-0.39, 0.29) is 35.2 Å². The number of carbonyl (C=O) groups is 1. The summed E-state index contributed by atoms with van der Waals surface area (Å²) < 4.78 is 83.2. The number of hydrogen-bond acceptors (Lipinski definition) is 3. The largest absolute Gasteiger partial charge is 0.337 e. The summed E-state index contributed by atoms with van der Waals surface area (Å²) in [6, 6.07) is 2.81. The maximum atomic E-state index is 13.8. The average Bonchev–Trinajstić information content (AvgIpc) is 3.18. The van der Waals surface area contributed by atoms with Crippen molar-refractivity contribution in [1.29, 1.82) is 0 Å². The lowest BCUT2D eigenvalue weighted by Crippen LogP contribution is -2.43. The SMILES string of the molecule is NC1CCN(C(=O)c2cnc(-c3cc(F)c(F)c(F)c3)n2Cc2cc(F)c(F)c(F)c2)CC1. The molecule has 0 spiro atoms. The minimum Gasteiger partial charge on any atom is -0.337 e. The number of rotatable bonds is 4. The number of benzene rings is 2. The Balaban J connectivity index is 1.80. The fraction of sp³-hybridized carbons (Fsp3) is 0.273. The van der Waals surface area contributed by atoms with Gasteiger partial charge in [-0.15, -0.1) is 0 Å². The van der Waals surface area contributed by atoms with Crippen molar-refractivity contribution >= 4 is 5.91 Å². The van der Waals surface area contributed by atoms with Crippen molar-refractivity contribution in [2.45, 2.75) is 25.4 Å². The van der Waals surface area contributed by atoms with Gasteiger partial charge in [0.2, 0.25) is 0 Å². The third-order valence-corrected chi connectivity index (χ3v) is 5.53. The summed E-state index contributed by atoms with van der Waals surface area (Å²) in [5.41, 5.74) is 5.57. The second-order valence-corrected chi connectivity index (χ2v) is 7.81. The van der Waals surface area contributed by atoms with E-state index in [1.54, 1.807) is 0 Å². The molecule has 33 heavy (non-hydrogen) atoms. The predicted molar refractivity (Wildman–Crippen MR) is 106 cm³/mol. The Hall–Kier alpha value is -3.34. The lowest BCUT2D eigenvalue weighted by atomic mass is 10.1. The van der Waals surface area contributed by atoms with Gasteiger partial charge in [0, 0.05) is 24.7 Å². The number of imidazole rings is 1. The van der Waals surface area contributed by atoms with E-state index < -0.39 is 40.8 Å². The number of halogens is 6. The Kier molecular flexibility index (Phi) is 6.15. The molecule has 0 aliphatic carbocycles. The zero-order chi connectivity index (χ0) is 23.9. The molecule has 2 heterocycles. The third kappa shape index (κ3) is 4.45. The molecule has 1 aliphatic rings. The minimum absolute atomic E-state index is 0.0317. The lowest BCUT2D eigenvalue weighted by molar-refractivity contribution is 0.0704. The first-order chi connectivity index (χ1) is 15.7. The van der Waals surface area contributed by atoms with Gasteiger partial charge in [-0.1, -0.05) is 0 Å². The molecule has 11 heteroatoms. The second-order valence-electron chi connectivity index (χ2n) is 7.81. The molecule has 0 saturated carbocycles. The van der Waals surface area contributed by atoms with E-state index in [1.165, 1.54) is 9.47 Å². The summed E-state index contributed by atoms with van der Waals surface area (Å²) in [6.45, 7) is 0.346. The number of hydrogen-bond donors (Lipinski definition) is 1. The van der Waals surface area contributed by atoms with E-state index in [9.17, 15) is 31.1 Å². The van der Waals surface area contributed by atoms with Gasteiger partial charge in [0.1, 0.15) is 11.5 Å². The van der Waals surface area contributed by atoms with Gasteiger partial charge in [-0.05, 0) is 42.7 Å². The monoisotopic (exact) mass is 468 g/mol. The normalized spacial score (nSPS) is 14.7. The predicted octanol–water partition coefficient (Wildman–Crippen LogP) is 4.00. The van der Waals surface area contributed by atoms with Gasteiger partial charge in [-0.3, -0.25) is 4.79 Å². The van der Waals surface area contributed by atoms with Crippen molar-refractivity contribution in [1.82, 2.24) is 14.5 Å². The highest BCUT2D eigenvalue weighted by Gasteiger charge is 2.27. The van der Waals surface area contributed by atoms with Crippen LogP contribution in [0.15, 0.2) is 30.5 Å². The number of aromatic nitrogens is 2. The number of nitrogens with two attached hydrogens (primary N) is 1. The summed E-state index contributed by atoms with van der Waals surface area (Å²) in [4.78, 5) is 18.7.